The molecule has 0 radical (unpaired) electrons. The lowest BCUT2D eigenvalue weighted by Crippen LogP contribution is -2.25. The van der Waals surface area contributed by atoms with Gasteiger partial charge in [0.1, 0.15) is 0 Å². The first-order valence-corrected chi connectivity index (χ1v) is 8.02. The molecule has 3 unspecified atom stereocenters. The van der Waals surface area contributed by atoms with Crippen molar-refractivity contribution in [1.82, 2.24) is 0 Å². The van der Waals surface area contributed by atoms with E-state index in [0.717, 1.165) is 23.7 Å². The molecule has 3 atom stereocenters. The van der Waals surface area contributed by atoms with Gasteiger partial charge in [-0.05, 0) is 48.3 Å². The smallest absolute Gasteiger partial charge is 0.0349 e. The normalized spacial score (nSPS) is 31.1. The van der Waals surface area contributed by atoms with E-state index in [-0.39, 0.29) is 0 Å². The van der Waals surface area contributed by atoms with E-state index in [9.17, 15) is 0 Å². The predicted molar refractivity (Wildman–Crippen MR) is 76.0 cm³/mol. The van der Waals surface area contributed by atoms with Crippen molar-refractivity contribution in [2.24, 2.45) is 29.1 Å². The number of rotatable bonds is 7. The summed E-state index contributed by atoms with van der Waals surface area (Å²) in [4.78, 5) is 0. The van der Waals surface area contributed by atoms with Gasteiger partial charge in [0.25, 0.3) is 0 Å². The molecule has 0 spiro atoms. The Bertz CT molecular complexity index is 236. The van der Waals surface area contributed by atoms with Crippen LogP contribution in [0, 0.1) is 29.1 Å². The van der Waals surface area contributed by atoms with E-state index in [4.69, 9.17) is 0 Å². The van der Waals surface area contributed by atoms with Crippen LogP contribution in [0.4, 0.5) is 0 Å². The summed E-state index contributed by atoms with van der Waals surface area (Å²) in [6.07, 6.45) is 11.9. The average molecular weight is 236 g/mol. The molecule has 17 heavy (non-hydrogen) atoms. The lowest BCUT2D eigenvalue weighted by atomic mass is 9.69. The molecule has 0 heterocycles. The van der Waals surface area contributed by atoms with Crippen LogP contribution in [0.15, 0.2) is 0 Å². The summed E-state index contributed by atoms with van der Waals surface area (Å²) in [5.41, 5.74) is 0.599. The molecule has 2 fully saturated rings. The quantitative estimate of drug-likeness (QED) is 0.534. The molecule has 0 aromatic heterocycles. The molecule has 2 aliphatic rings. The highest BCUT2D eigenvalue weighted by Crippen LogP contribution is 2.51. The van der Waals surface area contributed by atoms with Crippen molar-refractivity contribution in [3.05, 3.63) is 0 Å². The molecular weight excluding hydrogens is 204 g/mol. The molecule has 0 aromatic rings. The van der Waals surface area contributed by atoms with E-state index in [1.165, 1.54) is 51.4 Å². The van der Waals surface area contributed by atoms with E-state index in [1.807, 2.05) is 0 Å². The van der Waals surface area contributed by atoms with Crippen LogP contribution >= 0.6 is 0 Å². The lowest BCUT2D eigenvalue weighted by molar-refractivity contribution is 0.145. The standard InChI is InChI=1S/C17H32/c1-5-7-15-10-16(15)12-17(3,4)11-13(2)14-8-6-9-14/h13-16H,5-12H2,1-4H3. The van der Waals surface area contributed by atoms with Gasteiger partial charge in [-0.2, -0.15) is 0 Å². The third kappa shape index (κ3) is 3.73. The Hall–Kier alpha value is 0. The van der Waals surface area contributed by atoms with Gasteiger partial charge in [0.15, 0.2) is 0 Å². The van der Waals surface area contributed by atoms with Crippen LogP contribution in [0.3, 0.4) is 0 Å². The van der Waals surface area contributed by atoms with Crippen LogP contribution in [-0.4, -0.2) is 0 Å². The first-order valence-electron chi connectivity index (χ1n) is 8.02. The van der Waals surface area contributed by atoms with Gasteiger partial charge in [-0.1, -0.05) is 59.8 Å². The van der Waals surface area contributed by atoms with Crippen LogP contribution in [0.25, 0.3) is 0 Å². The highest BCUT2D eigenvalue weighted by atomic mass is 14.5. The van der Waals surface area contributed by atoms with Crippen molar-refractivity contribution in [2.45, 2.75) is 79.1 Å². The zero-order valence-electron chi connectivity index (χ0n) is 12.5. The van der Waals surface area contributed by atoms with Crippen molar-refractivity contribution in [3.63, 3.8) is 0 Å². The first-order chi connectivity index (χ1) is 8.02. The van der Waals surface area contributed by atoms with E-state index < -0.39 is 0 Å². The highest BCUT2D eigenvalue weighted by molar-refractivity contribution is 4.91. The van der Waals surface area contributed by atoms with Crippen LogP contribution in [0.1, 0.15) is 79.1 Å². The third-order valence-electron chi connectivity index (χ3n) is 5.37. The van der Waals surface area contributed by atoms with Crippen molar-refractivity contribution in [1.29, 1.82) is 0 Å². The SMILES string of the molecule is CCCC1CC1CC(C)(C)CC(C)C1CCC1. The minimum absolute atomic E-state index is 0.599. The van der Waals surface area contributed by atoms with Gasteiger partial charge in [-0.25, -0.2) is 0 Å². The summed E-state index contributed by atoms with van der Waals surface area (Å²) in [6, 6.07) is 0. The molecule has 0 saturated heterocycles. The molecule has 0 amide bonds. The molecule has 0 aromatic carbocycles. The average Bonchev–Trinajstić information content (AvgIpc) is 2.77. The zero-order chi connectivity index (χ0) is 12.5. The van der Waals surface area contributed by atoms with Crippen LogP contribution in [0.2, 0.25) is 0 Å². The van der Waals surface area contributed by atoms with Crippen molar-refractivity contribution in [3.8, 4) is 0 Å². The summed E-state index contributed by atoms with van der Waals surface area (Å²) < 4.78 is 0. The third-order valence-corrected chi connectivity index (χ3v) is 5.37. The van der Waals surface area contributed by atoms with Gasteiger partial charge in [0.05, 0.1) is 0 Å². The second kappa shape index (κ2) is 5.33. The summed E-state index contributed by atoms with van der Waals surface area (Å²) in [6.45, 7) is 9.87. The van der Waals surface area contributed by atoms with E-state index >= 15 is 0 Å². The van der Waals surface area contributed by atoms with Gasteiger partial charge in [0, 0.05) is 0 Å². The molecule has 0 N–H and O–H groups in total. The maximum absolute atomic E-state index is 2.52. The van der Waals surface area contributed by atoms with Crippen molar-refractivity contribution >= 4 is 0 Å². The van der Waals surface area contributed by atoms with Crippen LogP contribution < -0.4 is 0 Å². The van der Waals surface area contributed by atoms with E-state index in [2.05, 4.69) is 27.7 Å². The monoisotopic (exact) mass is 236 g/mol. The molecule has 2 saturated carbocycles. The van der Waals surface area contributed by atoms with Gasteiger partial charge in [-0.3, -0.25) is 0 Å². The van der Waals surface area contributed by atoms with E-state index in [1.54, 1.807) is 0 Å². The minimum atomic E-state index is 0.599. The van der Waals surface area contributed by atoms with E-state index in [0.29, 0.717) is 5.41 Å². The fourth-order valence-corrected chi connectivity index (χ4v) is 4.12. The maximum Gasteiger partial charge on any atom is -0.0349 e. The largest absolute Gasteiger partial charge is 0.0654 e. The Balaban J connectivity index is 1.70. The molecule has 2 rings (SSSR count). The zero-order valence-corrected chi connectivity index (χ0v) is 12.5. The van der Waals surface area contributed by atoms with Gasteiger partial charge in [0.2, 0.25) is 0 Å². The molecule has 0 nitrogen and oxygen atoms in total. The topological polar surface area (TPSA) is 0 Å². The Labute approximate surface area is 109 Å². The second-order valence-corrected chi connectivity index (χ2v) is 7.79. The number of hydrogen-bond acceptors (Lipinski definition) is 0. The predicted octanol–water partition coefficient (Wildman–Crippen LogP) is 5.67. The lowest BCUT2D eigenvalue weighted by Gasteiger charge is -2.37. The van der Waals surface area contributed by atoms with Gasteiger partial charge in [-0.15, -0.1) is 0 Å². The fourth-order valence-electron chi connectivity index (χ4n) is 4.12. The van der Waals surface area contributed by atoms with Gasteiger partial charge >= 0.3 is 0 Å². The fraction of sp³-hybridized carbons (Fsp3) is 1.00. The summed E-state index contributed by atoms with van der Waals surface area (Å²) in [5.74, 6) is 4.22. The highest BCUT2D eigenvalue weighted by Gasteiger charge is 2.40. The van der Waals surface area contributed by atoms with Crippen LogP contribution in [-0.2, 0) is 0 Å². The molecule has 2 aliphatic carbocycles. The first kappa shape index (κ1) is 13.4. The molecule has 0 heteroatoms. The molecule has 100 valence electrons. The molecule has 0 bridgehead atoms. The van der Waals surface area contributed by atoms with Crippen molar-refractivity contribution in [2.75, 3.05) is 0 Å². The maximum atomic E-state index is 2.52. The minimum Gasteiger partial charge on any atom is -0.0654 e. The Kier molecular flexibility index (Phi) is 4.21. The number of hydrogen-bond donors (Lipinski definition) is 0. The summed E-state index contributed by atoms with van der Waals surface area (Å²) >= 11 is 0. The Morgan fingerprint density at radius 2 is 1.88 bits per heavy atom. The molecular formula is C17H32. The van der Waals surface area contributed by atoms with Crippen LogP contribution in [0.5, 0.6) is 0 Å². The van der Waals surface area contributed by atoms with Crippen molar-refractivity contribution < 1.29 is 0 Å². The Morgan fingerprint density at radius 1 is 1.18 bits per heavy atom. The Morgan fingerprint density at radius 3 is 2.41 bits per heavy atom. The summed E-state index contributed by atoms with van der Waals surface area (Å²) in [5, 5.41) is 0. The summed E-state index contributed by atoms with van der Waals surface area (Å²) in [7, 11) is 0. The second-order valence-electron chi connectivity index (χ2n) is 7.79. The van der Waals surface area contributed by atoms with Gasteiger partial charge < -0.3 is 0 Å². The molecule has 0 aliphatic heterocycles.